The summed E-state index contributed by atoms with van der Waals surface area (Å²) in [5, 5.41) is 4.16. The Morgan fingerprint density at radius 1 is 1.14 bits per heavy atom. The minimum absolute atomic E-state index is 0.0736. The van der Waals surface area contributed by atoms with E-state index in [1.807, 2.05) is 54.3 Å². The first-order chi connectivity index (χ1) is 14.0. The van der Waals surface area contributed by atoms with Crippen LogP contribution < -0.4 is 9.47 Å². The van der Waals surface area contributed by atoms with E-state index in [0.717, 1.165) is 17.5 Å². The predicted molar refractivity (Wildman–Crippen MR) is 109 cm³/mol. The van der Waals surface area contributed by atoms with Gasteiger partial charge < -0.3 is 18.9 Å². The van der Waals surface area contributed by atoms with Crippen molar-refractivity contribution in [2.45, 2.75) is 26.3 Å². The number of rotatable bonds is 4. The van der Waals surface area contributed by atoms with Gasteiger partial charge in [0.05, 0.1) is 20.3 Å². The van der Waals surface area contributed by atoms with Gasteiger partial charge in [0.2, 0.25) is 0 Å². The molecular formula is C23H24N2O4. The number of hydrogen-bond acceptors (Lipinski definition) is 5. The molecule has 6 nitrogen and oxygen atoms in total. The van der Waals surface area contributed by atoms with Crippen molar-refractivity contribution in [3.8, 4) is 22.8 Å². The quantitative estimate of drug-likeness (QED) is 0.657. The van der Waals surface area contributed by atoms with Gasteiger partial charge in [-0.2, -0.15) is 0 Å². The average Bonchev–Trinajstić information content (AvgIpc) is 3.14. The maximum Gasteiger partial charge on any atom is 0.260 e. The molecule has 0 radical (unpaired) electrons. The van der Waals surface area contributed by atoms with Crippen LogP contribution in [-0.4, -0.2) is 36.7 Å². The van der Waals surface area contributed by atoms with Gasteiger partial charge in [0.1, 0.15) is 17.0 Å². The van der Waals surface area contributed by atoms with Crippen LogP contribution in [0.15, 0.2) is 47.0 Å². The second kappa shape index (κ2) is 7.62. The summed E-state index contributed by atoms with van der Waals surface area (Å²) in [6.07, 6.45) is 0.747. The lowest BCUT2D eigenvalue weighted by Crippen LogP contribution is -2.39. The zero-order valence-electron chi connectivity index (χ0n) is 17.1. The number of carbonyl (C=O) groups excluding carboxylic acids is 1. The van der Waals surface area contributed by atoms with Crippen molar-refractivity contribution in [3.63, 3.8) is 0 Å². The Morgan fingerprint density at radius 2 is 1.83 bits per heavy atom. The summed E-state index contributed by atoms with van der Waals surface area (Å²) in [5.74, 6) is 1.83. The summed E-state index contributed by atoms with van der Waals surface area (Å²) in [4.78, 5) is 15.4. The molecule has 2 aromatic carbocycles. The second-order valence-electron chi connectivity index (χ2n) is 7.16. The van der Waals surface area contributed by atoms with E-state index < -0.39 is 0 Å². The molecule has 0 spiro atoms. The molecule has 0 N–H and O–H groups in total. The van der Waals surface area contributed by atoms with Crippen molar-refractivity contribution in [2.24, 2.45) is 0 Å². The molecule has 0 unspecified atom stereocenters. The van der Waals surface area contributed by atoms with Gasteiger partial charge >= 0.3 is 0 Å². The van der Waals surface area contributed by atoms with Crippen LogP contribution in [0.2, 0.25) is 0 Å². The number of hydrogen-bond donors (Lipinski definition) is 0. The summed E-state index contributed by atoms with van der Waals surface area (Å²) < 4.78 is 16.3. The molecule has 0 aliphatic carbocycles. The van der Waals surface area contributed by atoms with Gasteiger partial charge in [0.15, 0.2) is 11.5 Å². The van der Waals surface area contributed by atoms with Crippen LogP contribution in [0.3, 0.4) is 0 Å². The Kier molecular flexibility index (Phi) is 5.01. The zero-order chi connectivity index (χ0) is 20.5. The Bertz CT molecular complexity index is 1040. The number of nitrogens with zero attached hydrogens (tertiary/aromatic N) is 2. The van der Waals surface area contributed by atoms with Crippen molar-refractivity contribution in [3.05, 3.63) is 64.9 Å². The maximum absolute atomic E-state index is 13.5. The van der Waals surface area contributed by atoms with E-state index in [-0.39, 0.29) is 11.9 Å². The van der Waals surface area contributed by atoms with Gasteiger partial charge in [-0.15, -0.1) is 0 Å². The minimum atomic E-state index is -0.107. The Balaban J connectivity index is 1.71. The van der Waals surface area contributed by atoms with Gasteiger partial charge in [0, 0.05) is 12.1 Å². The number of amides is 1. The number of aryl methyl sites for hydroxylation is 1. The normalized spacial score (nSPS) is 15.7. The van der Waals surface area contributed by atoms with Gasteiger partial charge in [-0.05, 0) is 43.5 Å². The number of benzene rings is 2. The molecule has 1 aliphatic rings. The molecule has 1 amide bonds. The van der Waals surface area contributed by atoms with Crippen LogP contribution in [0, 0.1) is 6.92 Å². The first kappa shape index (κ1) is 19.1. The summed E-state index contributed by atoms with van der Waals surface area (Å²) >= 11 is 0. The molecule has 0 saturated heterocycles. The highest BCUT2D eigenvalue weighted by Crippen LogP contribution is 2.39. The lowest BCUT2D eigenvalue weighted by molar-refractivity contribution is 0.0676. The lowest BCUT2D eigenvalue weighted by Gasteiger charge is -2.35. The first-order valence-electron chi connectivity index (χ1n) is 9.62. The van der Waals surface area contributed by atoms with Crippen LogP contribution >= 0.6 is 0 Å². The molecule has 29 heavy (non-hydrogen) atoms. The average molecular weight is 392 g/mol. The molecule has 6 heteroatoms. The Morgan fingerprint density at radius 3 is 2.52 bits per heavy atom. The van der Waals surface area contributed by atoms with Crippen LogP contribution in [0.25, 0.3) is 11.3 Å². The molecule has 1 aliphatic heterocycles. The number of aromatic nitrogens is 1. The molecule has 0 bridgehead atoms. The second-order valence-corrected chi connectivity index (χ2v) is 7.16. The number of carbonyl (C=O) groups is 1. The SMILES string of the molecule is COc1cc2c(cc1OC)[C@@H](C)N(C(=O)c1c(-c3ccccc3)noc1C)CC2. The molecule has 1 atom stereocenters. The summed E-state index contributed by atoms with van der Waals surface area (Å²) in [6, 6.07) is 13.5. The third-order valence-electron chi connectivity index (χ3n) is 5.57. The van der Waals surface area contributed by atoms with Gasteiger partial charge in [-0.1, -0.05) is 35.5 Å². The minimum Gasteiger partial charge on any atom is -0.493 e. The summed E-state index contributed by atoms with van der Waals surface area (Å²) in [5.41, 5.74) is 4.21. The highest BCUT2D eigenvalue weighted by atomic mass is 16.5. The summed E-state index contributed by atoms with van der Waals surface area (Å²) in [7, 11) is 3.25. The number of ether oxygens (including phenoxy) is 2. The smallest absolute Gasteiger partial charge is 0.260 e. The molecule has 4 rings (SSSR count). The Labute approximate surface area is 170 Å². The predicted octanol–water partition coefficient (Wildman–Crippen LogP) is 4.43. The van der Waals surface area contributed by atoms with E-state index in [9.17, 15) is 4.79 Å². The number of methoxy groups -OCH3 is 2. The molecule has 0 fully saturated rings. The zero-order valence-corrected chi connectivity index (χ0v) is 17.1. The van der Waals surface area contributed by atoms with E-state index in [1.54, 1.807) is 21.1 Å². The van der Waals surface area contributed by atoms with Crippen molar-refractivity contribution in [1.29, 1.82) is 0 Å². The Hall–Kier alpha value is -3.28. The standard InChI is InChI=1S/C23H24N2O4/c1-14-18-13-20(28-4)19(27-3)12-17(18)10-11-25(14)23(26)21-15(2)29-24-22(21)16-8-6-5-7-9-16/h5-9,12-14H,10-11H2,1-4H3/t14-/m1/s1. The van der Waals surface area contributed by atoms with Crippen LogP contribution in [0.1, 0.15) is 40.2 Å². The third-order valence-corrected chi connectivity index (χ3v) is 5.57. The highest BCUT2D eigenvalue weighted by molar-refractivity contribution is 6.01. The number of fused-ring (bicyclic) bond motifs is 1. The largest absolute Gasteiger partial charge is 0.493 e. The molecule has 3 aromatic rings. The molecule has 1 aromatic heterocycles. The van der Waals surface area contributed by atoms with Gasteiger partial charge in [-0.3, -0.25) is 4.79 Å². The summed E-state index contributed by atoms with van der Waals surface area (Å²) in [6.45, 7) is 4.43. The van der Waals surface area contributed by atoms with Crippen molar-refractivity contribution in [2.75, 3.05) is 20.8 Å². The highest BCUT2D eigenvalue weighted by Gasteiger charge is 2.33. The van der Waals surface area contributed by atoms with Crippen molar-refractivity contribution >= 4 is 5.91 Å². The lowest BCUT2D eigenvalue weighted by atomic mass is 9.92. The molecule has 150 valence electrons. The maximum atomic E-state index is 13.5. The topological polar surface area (TPSA) is 64.8 Å². The van der Waals surface area contributed by atoms with Crippen LogP contribution in [0.5, 0.6) is 11.5 Å². The fourth-order valence-corrected chi connectivity index (χ4v) is 3.98. The molecular weight excluding hydrogens is 368 g/mol. The first-order valence-corrected chi connectivity index (χ1v) is 9.62. The fourth-order valence-electron chi connectivity index (χ4n) is 3.98. The van der Waals surface area contributed by atoms with Gasteiger partial charge in [0.25, 0.3) is 5.91 Å². The third kappa shape index (κ3) is 3.24. The monoisotopic (exact) mass is 392 g/mol. The van der Waals surface area contributed by atoms with E-state index in [1.165, 1.54) is 5.56 Å². The molecule has 0 saturated carbocycles. The fraction of sp³-hybridized carbons (Fsp3) is 0.304. The van der Waals surface area contributed by atoms with E-state index in [2.05, 4.69) is 5.16 Å². The van der Waals surface area contributed by atoms with Gasteiger partial charge in [-0.25, -0.2) is 0 Å². The van der Waals surface area contributed by atoms with Crippen LogP contribution in [-0.2, 0) is 6.42 Å². The van der Waals surface area contributed by atoms with Crippen molar-refractivity contribution in [1.82, 2.24) is 10.1 Å². The van der Waals surface area contributed by atoms with E-state index in [0.29, 0.717) is 35.1 Å². The van der Waals surface area contributed by atoms with E-state index >= 15 is 0 Å². The van der Waals surface area contributed by atoms with Crippen LogP contribution in [0.4, 0.5) is 0 Å². The van der Waals surface area contributed by atoms with E-state index in [4.69, 9.17) is 14.0 Å². The molecule has 2 heterocycles. The van der Waals surface area contributed by atoms with Crippen molar-refractivity contribution < 1.29 is 18.8 Å².